The number of rotatable bonds is 6. The van der Waals surface area contributed by atoms with Gasteiger partial charge in [0.05, 0.1) is 6.21 Å². The first-order valence-electron chi connectivity index (χ1n) is 9.28. The molecule has 0 saturated carbocycles. The molecule has 146 valence electrons. The van der Waals surface area contributed by atoms with Gasteiger partial charge in [-0.3, -0.25) is 4.79 Å². The van der Waals surface area contributed by atoms with Gasteiger partial charge in [0.25, 0.3) is 5.91 Å². The lowest BCUT2D eigenvalue weighted by Gasteiger charge is -2.18. The lowest BCUT2D eigenvalue weighted by Crippen LogP contribution is -2.19. The first-order chi connectivity index (χ1) is 14.3. The van der Waals surface area contributed by atoms with Crippen LogP contribution in [0.1, 0.15) is 21.5 Å². The zero-order valence-corrected chi connectivity index (χ0v) is 15.7. The van der Waals surface area contributed by atoms with Crippen LogP contribution in [0.25, 0.3) is 0 Å². The van der Waals surface area contributed by atoms with Crippen molar-refractivity contribution in [3.05, 3.63) is 89.5 Å². The van der Waals surface area contributed by atoms with Crippen molar-refractivity contribution in [3.8, 4) is 17.2 Å². The van der Waals surface area contributed by atoms with Crippen molar-refractivity contribution >= 4 is 12.1 Å². The van der Waals surface area contributed by atoms with Gasteiger partial charge in [-0.05, 0) is 53.6 Å². The van der Waals surface area contributed by atoms with E-state index in [9.17, 15) is 4.79 Å². The van der Waals surface area contributed by atoms with E-state index in [0.717, 1.165) is 16.9 Å². The fraction of sp³-hybridized carbons (Fsp3) is 0.130. The summed E-state index contributed by atoms with van der Waals surface area (Å²) in [5.74, 6) is 1.66. The van der Waals surface area contributed by atoms with Crippen molar-refractivity contribution in [1.82, 2.24) is 5.43 Å². The zero-order valence-electron chi connectivity index (χ0n) is 15.7. The fourth-order valence-corrected chi connectivity index (χ4v) is 2.81. The van der Waals surface area contributed by atoms with Crippen LogP contribution in [-0.4, -0.2) is 25.3 Å². The van der Waals surface area contributed by atoms with E-state index in [4.69, 9.17) is 14.2 Å². The van der Waals surface area contributed by atoms with Crippen molar-refractivity contribution in [1.29, 1.82) is 0 Å². The fourth-order valence-electron chi connectivity index (χ4n) is 2.81. The monoisotopic (exact) mass is 388 g/mol. The Bertz CT molecular complexity index is 1000. The third kappa shape index (κ3) is 4.93. The van der Waals surface area contributed by atoms with Gasteiger partial charge in [-0.2, -0.15) is 5.10 Å². The number of fused-ring (bicyclic) bond motifs is 1. The highest BCUT2D eigenvalue weighted by Crippen LogP contribution is 2.30. The van der Waals surface area contributed by atoms with Crippen LogP contribution >= 0.6 is 0 Å². The summed E-state index contributed by atoms with van der Waals surface area (Å²) < 4.78 is 16.7. The Balaban J connectivity index is 1.30. The van der Waals surface area contributed by atoms with E-state index in [1.165, 1.54) is 0 Å². The summed E-state index contributed by atoms with van der Waals surface area (Å²) in [5, 5.41) is 4.02. The van der Waals surface area contributed by atoms with Crippen LogP contribution in [0, 0.1) is 0 Å². The first kappa shape index (κ1) is 18.6. The SMILES string of the molecule is O=C(NN=Cc1ccc(OCc2ccccc2)cc1)c1ccc2c(c1)OCCO2. The van der Waals surface area contributed by atoms with Crippen molar-refractivity contribution in [2.45, 2.75) is 6.61 Å². The quantitative estimate of drug-likeness (QED) is 0.515. The highest BCUT2D eigenvalue weighted by atomic mass is 16.6. The zero-order chi connectivity index (χ0) is 19.9. The van der Waals surface area contributed by atoms with Gasteiger partial charge in [0, 0.05) is 5.56 Å². The van der Waals surface area contributed by atoms with Gasteiger partial charge >= 0.3 is 0 Å². The summed E-state index contributed by atoms with van der Waals surface area (Å²) in [6.45, 7) is 1.50. The van der Waals surface area contributed by atoms with Crippen LogP contribution in [-0.2, 0) is 6.61 Å². The Kier molecular flexibility index (Phi) is 5.71. The maximum Gasteiger partial charge on any atom is 0.271 e. The Hall–Kier alpha value is -3.80. The van der Waals surface area contributed by atoms with Crippen molar-refractivity contribution < 1.29 is 19.0 Å². The molecule has 0 atom stereocenters. The second-order valence-electron chi connectivity index (χ2n) is 6.40. The standard InChI is InChI=1S/C23H20N2O4/c26-23(19-8-11-21-22(14-19)28-13-12-27-21)25-24-15-17-6-9-20(10-7-17)29-16-18-4-2-1-3-5-18/h1-11,14-15H,12-13,16H2,(H,25,26). The molecule has 1 aliphatic rings. The Morgan fingerprint density at radius 1 is 0.966 bits per heavy atom. The minimum Gasteiger partial charge on any atom is -0.489 e. The third-order valence-corrected chi connectivity index (χ3v) is 4.31. The van der Waals surface area contributed by atoms with Gasteiger partial charge in [0.15, 0.2) is 11.5 Å². The van der Waals surface area contributed by atoms with Crippen molar-refractivity contribution in [2.75, 3.05) is 13.2 Å². The van der Waals surface area contributed by atoms with Crippen LogP contribution in [0.4, 0.5) is 0 Å². The number of ether oxygens (including phenoxy) is 3. The molecule has 6 nitrogen and oxygen atoms in total. The van der Waals surface area contributed by atoms with E-state index < -0.39 is 0 Å². The van der Waals surface area contributed by atoms with E-state index in [-0.39, 0.29) is 5.91 Å². The van der Waals surface area contributed by atoms with Crippen LogP contribution in [0.15, 0.2) is 77.9 Å². The van der Waals surface area contributed by atoms with E-state index in [2.05, 4.69) is 10.5 Å². The number of nitrogens with one attached hydrogen (secondary N) is 1. The summed E-state index contributed by atoms with van der Waals surface area (Å²) in [5.41, 5.74) is 4.93. The predicted octanol–water partition coefficient (Wildman–Crippen LogP) is 3.80. The maximum absolute atomic E-state index is 12.3. The second kappa shape index (κ2) is 8.93. The predicted molar refractivity (Wildman–Crippen MR) is 110 cm³/mol. The van der Waals surface area contributed by atoms with Gasteiger partial charge in [0.2, 0.25) is 0 Å². The van der Waals surface area contributed by atoms with Gasteiger partial charge in [-0.1, -0.05) is 30.3 Å². The second-order valence-corrected chi connectivity index (χ2v) is 6.40. The molecule has 0 radical (unpaired) electrons. The number of amides is 1. The maximum atomic E-state index is 12.3. The summed E-state index contributed by atoms with van der Waals surface area (Å²) in [7, 11) is 0. The molecule has 29 heavy (non-hydrogen) atoms. The van der Waals surface area contributed by atoms with Gasteiger partial charge in [-0.25, -0.2) is 5.43 Å². The molecular formula is C23H20N2O4. The topological polar surface area (TPSA) is 69.2 Å². The average Bonchev–Trinajstić information content (AvgIpc) is 2.79. The minimum absolute atomic E-state index is 0.318. The molecular weight excluding hydrogens is 368 g/mol. The van der Waals surface area contributed by atoms with E-state index >= 15 is 0 Å². The summed E-state index contributed by atoms with van der Waals surface area (Å²) >= 11 is 0. The van der Waals surface area contributed by atoms with Crippen molar-refractivity contribution in [2.24, 2.45) is 5.10 Å². The Morgan fingerprint density at radius 2 is 1.72 bits per heavy atom. The van der Waals surface area contributed by atoms with Gasteiger partial charge < -0.3 is 14.2 Å². The third-order valence-electron chi connectivity index (χ3n) is 4.31. The normalized spacial score (nSPS) is 12.6. The number of hydrogen-bond donors (Lipinski definition) is 1. The molecule has 1 N–H and O–H groups in total. The van der Waals surface area contributed by atoms with E-state index in [1.54, 1.807) is 24.4 Å². The number of benzene rings is 3. The van der Waals surface area contributed by atoms with Crippen LogP contribution in [0.2, 0.25) is 0 Å². The van der Waals surface area contributed by atoms with Crippen molar-refractivity contribution in [3.63, 3.8) is 0 Å². The minimum atomic E-state index is -0.318. The molecule has 0 aromatic heterocycles. The summed E-state index contributed by atoms with van der Waals surface area (Å²) in [6, 6.07) is 22.5. The molecule has 1 aliphatic heterocycles. The highest BCUT2D eigenvalue weighted by molar-refractivity contribution is 5.95. The number of carbonyl (C=O) groups excluding carboxylic acids is 1. The number of hydrazone groups is 1. The van der Waals surface area contributed by atoms with Crippen LogP contribution < -0.4 is 19.6 Å². The molecule has 6 heteroatoms. The number of hydrogen-bond acceptors (Lipinski definition) is 5. The largest absolute Gasteiger partial charge is 0.489 e. The van der Waals surface area contributed by atoms with Crippen LogP contribution in [0.3, 0.4) is 0 Å². The molecule has 0 spiro atoms. The molecule has 0 aliphatic carbocycles. The van der Waals surface area contributed by atoms with Crippen LogP contribution in [0.5, 0.6) is 17.2 Å². The molecule has 3 aromatic rings. The number of nitrogens with zero attached hydrogens (tertiary/aromatic N) is 1. The Morgan fingerprint density at radius 3 is 2.52 bits per heavy atom. The molecule has 0 fully saturated rings. The summed E-state index contributed by atoms with van der Waals surface area (Å²) in [4.78, 5) is 12.3. The highest BCUT2D eigenvalue weighted by Gasteiger charge is 2.14. The van der Waals surface area contributed by atoms with Gasteiger partial charge in [0.1, 0.15) is 25.6 Å². The first-order valence-corrected chi connectivity index (χ1v) is 9.28. The summed E-state index contributed by atoms with van der Waals surface area (Å²) in [6.07, 6.45) is 1.58. The molecule has 1 amide bonds. The Labute approximate surface area is 168 Å². The lowest BCUT2D eigenvalue weighted by molar-refractivity contribution is 0.0954. The molecule has 0 bridgehead atoms. The lowest BCUT2D eigenvalue weighted by atomic mass is 10.2. The number of carbonyl (C=O) groups is 1. The smallest absolute Gasteiger partial charge is 0.271 e. The average molecular weight is 388 g/mol. The molecule has 3 aromatic carbocycles. The molecule has 4 rings (SSSR count). The molecule has 1 heterocycles. The molecule has 0 saturated heterocycles. The van der Waals surface area contributed by atoms with E-state index in [0.29, 0.717) is 36.9 Å². The van der Waals surface area contributed by atoms with Gasteiger partial charge in [-0.15, -0.1) is 0 Å². The molecule has 0 unspecified atom stereocenters. The van der Waals surface area contributed by atoms with E-state index in [1.807, 2.05) is 54.6 Å².